The topological polar surface area (TPSA) is 85.2 Å². The fourth-order valence-electron chi connectivity index (χ4n) is 3.37. The van der Waals surface area contributed by atoms with Crippen LogP contribution in [0.15, 0.2) is 29.7 Å². The standard InChI is InChI=1S/C18H23FN4O3S/c1-13-11-14(3-5-16(13)19)4-6-17(24)23-9-7-15(8-10-23)27(25,26)18-21-20-12-22(18)2/h3,5,11-12,15H,4,6-10H2,1-2H3. The van der Waals surface area contributed by atoms with Crippen molar-refractivity contribution in [3.63, 3.8) is 0 Å². The van der Waals surface area contributed by atoms with Crippen molar-refractivity contribution in [3.8, 4) is 0 Å². The van der Waals surface area contributed by atoms with Gasteiger partial charge in [0.1, 0.15) is 12.1 Å². The van der Waals surface area contributed by atoms with Crippen LogP contribution in [0.2, 0.25) is 0 Å². The third-order valence-corrected chi connectivity index (χ3v) is 7.24. The molecule has 2 heterocycles. The first-order valence-electron chi connectivity index (χ1n) is 8.89. The molecule has 1 saturated heterocycles. The van der Waals surface area contributed by atoms with Crippen LogP contribution in [0, 0.1) is 12.7 Å². The molecule has 7 nitrogen and oxygen atoms in total. The van der Waals surface area contributed by atoms with E-state index in [2.05, 4.69) is 10.2 Å². The van der Waals surface area contributed by atoms with Gasteiger partial charge in [-0.15, -0.1) is 10.2 Å². The molecule has 0 N–H and O–H groups in total. The van der Waals surface area contributed by atoms with E-state index in [-0.39, 0.29) is 16.9 Å². The molecule has 0 saturated carbocycles. The van der Waals surface area contributed by atoms with Gasteiger partial charge in [0.15, 0.2) is 0 Å². The fraction of sp³-hybridized carbons (Fsp3) is 0.500. The van der Waals surface area contributed by atoms with Gasteiger partial charge in [0.2, 0.25) is 20.9 Å². The maximum Gasteiger partial charge on any atom is 0.249 e. The zero-order valence-electron chi connectivity index (χ0n) is 15.4. The minimum Gasteiger partial charge on any atom is -0.343 e. The summed E-state index contributed by atoms with van der Waals surface area (Å²) in [4.78, 5) is 14.1. The summed E-state index contributed by atoms with van der Waals surface area (Å²) in [6, 6.07) is 4.86. The molecule has 9 heteroatoms. The van der Waals surface area contributed by atoms with Gasteiger partial charge in [-0.05, 0) is 43.4 Å². The molecule has 146 valence electrons. The Bertz CT molecular complexity index is 934. The number of carbonyl (C=O) groups is 1. The molecule has 1 aromatic heterocycles. The number of amides is 1. The Morgan fingerprint density at radius 3 is 2.59 bits per heavy atom. The number of benzene rings is 1. The molecule has 1 aromatic carbocycles. The first-order valence-corrected chi connectivity index (χ1v) is 10.4. The molecule has 0 radical (unpaired) electrons. The summed E-state index contributed by atoms with van der Waals surface area (Å²) < 4.78 is 40.0. The second kappa shape index (κ2) is 7.75. The largest absolute Gasteiger partial charge is 0.343 e. The molecular formula is C18H23FN4O3S. The highest BCUT2D eigenvalue weighted by Gasteiger charge is 2.35. The van der Waals surface area contributed by atoms with Gasteiger partial charge in [0.05, 0.1) is 5.25 Å². The number of halogens is 1. The van der Waals surface area contributed by atoms with E-state index in [1.54, 1.807) is 31.0 Å². The third kappa shape index (κ3) is 4.18. The number of hydrogen-bond donors (Lipinski definition) is 0. The van der Waals surface area contributed by atoms with Crippen molar-refractivity contribution in [2.45, 2.75) is 43.0 Å². The Kier molecular flexibility index (Phi) is 5.59. The number of rotatable bonds is 5. The molecule has 0 unspecified atom stereocenters. The van der Waals surface area contributed by atoms with Crippen molar-refractivity contribution >= 4 is 15.7 Å². The first-order chi connectivity index (χ1) is 12.8. The maximum atomic E-state index is 13.3. The van der Waals surface area contributed by atoms with Crippen LogP contribution in [-0.4, -0.2) is 52.3 Å². The van der Waals surface area contributed by atoms with E-state index >= 15 is 0 Å². The molecule has 1 aliphatic rings. The van der Waals surface area contributed by atoms with E-state index in [0.717, 1.165) is 5.56 Å². The highest BCUT2D eigenvalue weighted by molar-refractivity contribution is 7.91. The monoisotopic (exact) mass is 394 g/mol. The van der Waals surface area contributed by atoms with Crippen LogP contribution in [0.25, 0.3) is 0 Å². The molecule has 3 rings (SSSR count). The smallest absolute Gasteiger partial charge is 0.249 e. The molecule has 0 atom stereocenters. The lowest BCUT2D eigenvalue weighted by molar-refractivity contribution is -0.132. The van der Waals surface area contributed by atoms with Crippen molar-refractivity contribution in [2.75, 3.05) is 13.1 Å². The van der Waals surface area contributed by atoms with Crippen LogP contribution in [-0.2, 0) is 28.1 Å². The van der Waals surface area contributed by atoms with Gasteiger partial charge >= 0.3 is 0 Å². The van der Waals surface area contributed by atoms with Gasteiger partial charge in [0, 0.05) is 26.6 Å². The first kappa shape index (κ1) is 19.5. The van der Waals surface area contributed by atoms with Crippen molar-refractivity contribution in [1.29, 1.82) is 0 Å². The van der Waals surface area contributed by atoms with Gasteiger partial charge in [-0.25, -0.2) is 12.8 Å². The Morgan fingerprint density at radius 1 is 1.30 bits per heavy atom. The highest BCUT2D eigenvalue weighted by Crippen LogP contribution is 2.23. The number of piperidine rings is 1. The number of carbonyl (C=O) groups excluding carboxylic acids is 1. The summed E-state index contributed by atoms with van der Waals surface area (Å²) in [5.74, 6) is -0.261. The molecule has 0 aliphatic carbocycles. The molecular weight excluding hydrogens is 371 g/mol. The molecule has 0 bridgehead atoms. The number of aromatic nitrogens is 3. The third-order valence-electron chi connectivity index (χ3n) is 5.01. The summed E-state index contributed by atoms with van der Waals surface area (Å²) in [6.45, 7) is 2.51. The Balaban J connectivity index is 1.55. The number of nitrogens with zero attached hydrogens (tertiary/aromatic N) is 4. The summed E-state index contributed by atoms with van der Waals surface area (Å²) >= 11 is 0. The summed E-state index contributed by atoms with van der Waals surface area (Å²) in [7, 11) is -1.95. The van der Waals surface area contributed by atoms with Crippen LogP contribution in [0.3, 0.4) is 0 Å². The van der Waals surface area contributed by atoms with Crippen LogP contribution in [0.1, 0.15) is 30.4 Å². The lowest BCUT2D eigenvalue weighted by Gasteiger charge is -2.31. The van der Waals surface area contributed by atoms with E-state index in [1.165, 1.54) is 17.0 Å². The zero-order valence-corrected chi connectivity index (χ0v) is 16.2. The lowest BCUT2D eigenvalue weighted by Crippen LogP contribution is -2.43. The van der Waals surface area contributed by atoms with E-state index in [4.69, 9.17) is 0 Å². The average molecular weight is 394 g/mol. The van der Waals surface area contributed by atoms with E-state index in [0.29, 0.717) is 44.3 Å². The van der Waals surface area contributed by atoms with Crippen LogP contribution < -0.4 is 0 Å². The number of hydrogen-bond acceptors (Lipinski definition) is 5. The van der Waals surface area contributed by atoms with Crippen LogP contribution in [0.5, 0.6) is 0 Å². The average Bonchev–Trinajstić information content (AvgIpc) is 3.09. The van der Waals surface area contributed by atoms with E-state index < -0.39 is 15.1 Å². The molecule has 1 amide bonds. The van der Waals surface area contributed by atoms with Gasteiger partial charge in [-0.3, -0.25) is 4.79 Å². The summed E-state index contributed by atoms with van der Waals surface area (Å²) in [5, 5.41) is 6.77. The number of sulfone groups is 1. The van der Waals surface area contributed by atoms with Crippen molar-refractivity contribution in [2.24, 2.45) is 7.05 Å². The Labute approximate surface area is 158 Å². The highest BCUT2D eigenvalue weighted by atomic mass is 32.2. The molecule has 27 heavy (non-hydrogen) atoms. The quantitative estimate of drug-likeness (QED) is 0.770. The second-order valence-electron chi connectivity index (χ2n) is 6.93. The summed E-state index contributed by atoms with van der Waals surface area (Å²) in [6.07, 6.45) is 3.00. The van der Waals surface area contributed by atoms with E-state index in [1.807, 2.05) is 0 Å². The predicted molar refractivity (Wildman–Crippen MR) is 97.2 cm³/mol. The molecule has 1 aliphatic heterocycles. The Hall–Kier alpha value is -2.29. The normalized spacial score (nSPS) is 15.9. The maximum absolute atomic E-state index is 13.3. The summed E-state index contributed by atoms with van der Waals surface area (Å²) in [5.41, 5.74) is 1.48. The van der Waals surface area contributed by atoms with Crippen molar-refractivity contribution in [1.82, 2.24) is 19.7 Å². The minimum absolute atomic E-state index is 0.00788. The fourth-order valence-corrected chi connectivity index (χ4v) is 5.11. The molecule has 2 aromatic rings. The SMILES string of the molecule is Cc1cc(CCC(=O)N2CCC(S(=O)(=O)c3nncn3C)CC2)ccc1F. The van der Waals surface area contributed by atoms with Crippen molar-refractivity contribution < 1.29 is 17.6 Å². The zero-order chi connectivity index (χ0) is 19.6. The Morgan fingerprint density at radius 2 is 2.00 bits per heavy atom. The molecule has 0 spiro atoms. The predicted octanol–water partition coefficient (Wildman–Crippen LogP) is 1.66. The van der Waals surface area contributed by atoms with Gasteiger partial charge in [0.25, 0.3) is 0 Å². The van der Waals surface area contributed by atoms with Gasteiger partial charge in [-0.2, -0.15) is 0 Å². The van der Waals surface area contributed by atoms with Gasteiger partial charge < -0.3 is 9.47 Å². The number of aryl methyl sites for hydroxylation is 3. The minimum atomic E-state index is -3.55. The van der Waals surface area contributed by atoms with Gasteiger partial charge in [-0.1, -0.05) is 12.1 Å². The lowest BCUT2D eigenvalue weighted by atomic mass is 10.1. The molecule has 1 fully saturated rings. The van der Waals surface area contributed by atoms with Crippen molar-refractivity contribution in [3.05, 3.63) is 41.5 Å². The van der Waals surface area contributed by atoms with E-state index in [9.17, 15) is 17.6 Å². The second-order valence-corrected chi connectivity index (χ2v) is 9.05. The number of likely N-dealkylation sites (tertiary alicyclic amines) is 1. The van der Waals surface area contributed by atoms with Crippen LogP contribution >= 0.6 is 0 Å². The van der Waals surface area contributed by atoms with Crippen LogP contribution in [0.4, 0.5) is 4.39 Å².